The Labute approximate surface area is 207 Å². The van der Waals surface area contributed by atoms with Gasteiger partial charge in [0.2, 0.25) is 0 Å². The number of hydrogen-bond donors (Lipinski definition) is 2. The fourth-order valence-electron chi connectivity index (χ4n) is 8.80. The molecule has 0 amide bonds. The molecule has 0 saturated heterocycles. The van der Waals surface area contributed by atoms with Crippen molar-refractivity contribution >= 4 is 5.97 Å². The van der Waals surface area contributed by atoms with Gasteiger partial charge in [0.05, 0.1) is 12.0 Å². The van der Waals surface area contributed by atoms with E-state index in [0.29, 0.717) is 18.3 Å². The van der Waals surface area contributed by atoms with Crippen LogP contribution >= 0.6 is 0 Å². The summed E-state index contributed by atoms with van der Waals surface area (Å²) in [5.74, 6) is 0.0861. The zero-order chi connectivity index (χ0) is 25.3. The Morgan fingerprint density at radius 3 is 2.38 bits per heavy atom. The number of carboxylic acid groups (broad SMARTS) is 1. The molecule has 0 aromatic carbocycles. The maximum atomic E-state index is 12.5. The van der Waals surface area contributed by atoms with Gasteiger partial charge >= 0.3 is 5.97 Å². The second-order valence-corrected chi connectivity index (χ2v) is 13.7. The van der Waals surface area contributed by atoms with Gasteiger partial charge in [-0.05, 0) is 102 Å². The molecule has 34 heavy (non-hydrogen) atoms. The second-order valence-electron chi connectivity index (χ2n) is 13.7. The molecule has 190 valence electrons. The van der Waals surface area contributed by atoms with Crippen molar-refractivity contribution in [2.24, 2.45) is 45.3 Å². The minimum Gasteiger partial charge on any atom is -0.481 e. The summed E-state index contributed by atoms with van der Waals surface area (Å²) in [6.07, 6.45) is 12.2. The Hall–Kier alpha value is -1.35. The zero-order valence-corrected chi connectivity index (χ0v) is 22.7. The Morgan fingerprint density at radius 2 is 1.76 bits per heavy atom. The van der Waals surface area contributed by atoms with E-state index in [1.54, 1.807) is 0 Å². The molecule has 4 aliphatic carbocycles. The first-order valence-electron chi connectivity index (χ1n) is 13.7. The number of aliphatic hydroxyl groups excluding tert-OH is 1. The van der Waals surface area contributed by atoms with Crippen molar-refractivity contribution in [1.29, 1.82) is 0 Å². The van der Waals surface area contributed by atoms with Crippen molar-refractivity contribution in [3.8, 4) is 0 Å². The van der Waals surface area contributed by atoms with Crippen LogP contribution in [0.4, 0.5) is 0 Å². The van der Waals surface area contributed by atoms with Crippen LogP contribution in [0.15, 0.2) is 35.5 Å². The van der Waals surface area contributed by atoms with Crippen molar-refractivity contribution in [2.75, 3.05) is 0 Å². The van der Waals surface area contributed by atoms with E-state index in [9.17, 15) is 15.0 Å². The van der Waals surface area contributed by atoms with E-state index < -0.39 is 5.97 Å². The molecular weight excluding hydrogens is 420 g/mol. The maximum Gasteiger partial charge on any atom is 0.306 e. The van der Waals surface area contributed by atoms with E-state index in [1.165, 1.54) is 16.7 Å². The SMILES string of the molecule is C=C(CC[C@@H](C(=O)O)[C@@H]1CC[C@@]2(C)C3=CC[C@H]4C(C)(C)[C@@H](O)CC[C@]4(C)C3=CC[C@@]12C)C(C)C. The lowest BCUT2D eigenvalue weighted by Crippen LogP contribution is -2.54. The lowest BCUT2D eigenvalue weighted by atomic mass is 9.44. The zero-order valence-electron chi connectivity index (χ0n) is 22.7. The Bertz CT molecular complexity index is 923. The number of hydrogen-bond acceptors (Lipinski definition) is 2. The molecule has 0 aromatic rings. The average molecular weight is 469 g/mol. The smallest absolute Gasteiger partial charge is 0.306 e. The van der Waals surface area contributed by atoms with Crippen LogP contribution in [0.2, 0.25) is 0 Å². The molecule has 0 aromatic heterocycles. The number of aliphatic hydroxyl groups is 1. The Balaban J connectivity index is 1.68. The molecule has 2 fully saturated rings. The van der Waals surface area contributed by atoms with Gasteiger partial charge in [-0.2, -0.15) is 0 Å². The number of carboxylic acids is 1. The summed E-state index contributed by atoms with van der Waals surface area (Å²) in [6, 6.07) is 0. The van der Waals surface area contributed by atoms with Crippen LogP contribution in [-0.2, 0) is 4.79 Å². The van der Waals surface area contributed by atoms with Gasteiger partial charge in [-0.1, -0.05) is 72.8 Å². The van der Waals surface area contributed by atoms with E-state index >= 15 is 0 Å². The molecule has 0 spiro atoms. The van der Waals surface area contributed by atoms with Crippen molar-refractivity contribution in [3.05, 3.63) is 35.5 Å². The Morgan fingerprint density at radius 1 is 1.09 bits per heavy atom. The van der Waals surface area contributed by atoms with Gasteiger partial charge in [0.15, 0.2) is 0 Å². The van der Waals surface area contributed by atoms with Crippen LogP contribution in [0.3, 0.4) is 0 Å². The fraction of sp³-hybridized carbons (Fsp3) is 0.774. The van der Waals surface area contributed by atoms with Gasteiger partial charge in [0.1, 0.15) is 0 Å². The minimum atomic E-state index is -0.630. The Kier molecular flexibility index (Phi) is 6.32. The topological polar surface area (TPSA) is 57.5 Å². The summed E-state index contributed by atoms with van der Waals surface area (Å²) in [4.78, 5) is 12.5. The summed E-state index contributed by atoms with van der Waals surface area (Å²) in [5.41, 5.74) is 4.16. The first-order valence-corrected chi connectivity index (χ1v) is 13.7. The third-order valence-corrected chi connectivity index (χ3v) is 11.7. The second kappa shape index (κ2) is 8.36. The van der Waals surface area contributed by atoms with Crippen molar-refractivity contribution in [3.63, 3.8) is 0 Å². The predicted molar refractivity (Wildman–Crippen MR) is 139 cm³/mol. The summed E-state index contributed by atoms with van der Waals surface area (Å²) in [5, 5.41) is 21.1. The maximum absolute atomic E-state index is 12.5. The molecule has 0 aliphatic heterocycles. The third-order valence-electron chi connectivity index (χ3n) is 11.7. The standard InChI is InChI=1S/C31H48O3/c1-19(2)20(3)9-10-21(27(33)34)22-13-17-31(8)24-11-12-25-28(4,5)26(32)15-16-29(25,6)23(24)14-18-30(22,31)7/h11,14,19,21-22,25-26,32H,3,9-10,12-13,15-18H2,1-2,4-8H3,(H,33,34)/t21-,22+,25+,26+,29-,30+,31+/m1/s1. The van der Waals surface area contributed by atoms with Gasteiger partial charge in [0, 0.05) is 0 Å². The van der Waals surface area contributed by atoms with E-state index in [4.69, 9.17) is 0 Å². The monoisotopic (exact) mass is 468 g/mol. The number of fused-ring (bicyclic) bond motifs is 5. The number of carbonyl (C=O) groups is 1. The lowest BCUT2D eigenvalue weighted by Gasteiger charge is -2.61. The van der Waals surface area contributed by atoms with Crippen molar-refractivity contribution < 1.29 is 15.0 Å². The van der Waals surface area contributed by atoms with Crippen LogP contribution in [0.1, 0.15) is 99.8 Å². The molecular formula is C31H48O3. The molecule has 0 heterocycles. The molecule has 2 N–H and O–H groups in total. The average Bonchev–Trinajstić information content (AvgIpc) is 3.02. The first kappa shape index (κ1) is 25.7. The largest absolute Gasteiger partial charge is 0.481 e. The van der Waals surface area contributed by atoms with Gasteiger partial charge in [0.25, 0.3) is 0 Å². The van der Waals surface area contributed by atoms with Crippen molar-refractivity contribution in [2.45, 2.75) is 106 Å². The number of rotatable bonds is 6. The molecule has 0 bridgehead atoms. The van der Waals surface area contributed by atoms with E-state index in [2.05, 4.69) is 67.2 Å². The predicted octanol–water partition coefficient (Wildman–Crippen LogP) is 7.57. The molecule has 3 nitrogen and oxygen atoms in total. The number of aliphatic carboxylic acids is 1. The summed E-state index contributed by atoms with van der Waals surface area (Å²) in [6.45, 7) is 20.3. The van der Waals surface area contributed by atoms with E-state index in [-0.39, 0.29) is 39.6 Å². The minimum absolute atomic E-state index is 0.0126. The van der Waals surface area contributed by atoms with Crippen LogP contribution < -0.4 is 0 Å². The highest BCUT2D eigenvalue weighted by Gasteiger charge is 2.63. The highest BCUT2D eigenvalue weighted by molar-refractivity contribution is 5.71. The summed E-state index contributed by atoms with van der Waals surface area (Å²) >= 11 is 0. The molecule has 0 radical (unpaired) electrons. The molecule has 0 unspecified atom stereocenters. The number of allylic oxidation sites excluding steroid dienone is 5. The lowest BCUT2D eigenvalue weighted by molar-refractivity contribution is -0.146. The van der Waals surface area contributed by atoms with E-state index in [1.807, 2.05) is 0 Å². The van der Waals surface area contributed by atoms with E-state index in [0.717, 1.165) is 44.9 Å². The quantitative estimate of drug-likeness (QED) is 0.395. The van der Waals surface area contributed by atoms with Gasteiger partial charge in [-0.3, -0.25) is 4.79 Å². The van der Waals surface area contributed by atoms with Gasteiger partial charge < -0.3 is 10.2 Å². The fourth-order valence-corrected chi connectivity index (χ4v) is 8.80. The molecule has 7 atom stereocenters. The van der Waals surface area contributed by atoms with Crippen LogP contribution in [0.5, 0.6) is 0 Å². The highest BCUT2D eigenvalue weighted by atomic mass is 16.4. The third kappa shape index (κ3) is 3.51. The normalized spacial score (nSPS) is 41.6. The first-order chi connectivity index (χ1) is 15.7. The van der Waals surface area contributed by atoms with Gasteiger partial charge in [-0.15, -0.1) is 0 Å². The highest BCUT2D eigenvalue weighted by Crippen LogP contribution is 2.71. The molecule has 4 aliphatic rings. The molecule has 2 saturated carbocycles. The molecule has 4 rings (SSSR count). The molecule has 3 heteroatoms. The van der Waals surface area contributed by atoms with Crippen molar-refractivity contribution in [1.82, 2.24) is 0 Å². The summed E-state index contributed by atoms with van der Waals surface area (Å²) < 4.78 is 0. The van der Waals surface area contributed by atoms with Crippen LogP contribution in [0.25, 0.3) is 0 Å². The van der Waals surface area contributed by atoms with Crippen LogP contribution in [0, 0.1) is 45.3 Å². The van der Waals surface area contributed by atoms with Crippen LogP contribution in [-0.4, -0.2) is 22.3 Å². The van der Waals surface area contributed by atoms with Gasteiger partial charge in [-0.25, -0.2) is 0 Å². The summed E-state index contributed by atoms with van der Waals surface area (Å²) in [7, 11) is 0.